The fourth-order valence-corrected chi connectivity index (χ4v) is 3.09. The number of furan rings is 1. The molecule has 3 aromatic rings. The van der Waals surface area contributed by atoms with Crippen molar-refractivity contribution in [2.45, 2.75) is 13.5 Å². The normalized spacial score (nSPS) is 11.1. The highest BCUT2D eigenvalue weighted by Gasteiger charge is 2.08. The molecule has 0 aromatic carbocycles. The number of hydrogen-bond acceptors (Lipinski definition) is 5. The van der Waals surface area contributed by atoms with Crippen molar-refractivity contribution in [2.24, 2.45) is 0 Å². The van der Waals surface area contributed by atoms with Gasteiger partial charge in [-0.25, -0.2) is 4.98 Å². The van der Waals surface area contributed by atoms with Crippen LogP contribution in [0, 0.1) is 6.92 Å². The third kappa shape index (κ3) is 3.72. The second kappa shape index (κ2) is 6.72. The summed E-state index contributed by atoms with van der Waals surface area (Å²) in [7, 11) is 0. The van der Waals surface area contributed by atoms with Gasteiger partial charge in [0.25, 0.3) is 0 Å². The summed E-state index contributed by atoms with van der Waals surface area (Å²) in [6, 6.07) is 5.69. The van der Waals surface area contributed by atoms with E-state index in [0.29, 0.717) is 12.3 Å². The van der Waals surface area contributed by atoms with Crippen LogP contribution in [0.1, 0.15) is 16.3 Å². The number of thiophene rings is 1. The lowest BCUT2D eigenvalue weighted by Gasteiger charge is -1.98. The van der Waals surface area contributed by atoms with Gasteiger partial charge in [0.05, 0.1) is 11.6 Å². The number of carbonyl (C=O) groups is 1. The minimum Gasteiger partial charge on any atom is -0.458 e. The fourth-order valence-electron chi connectivity index (χ4n) is 1.86. The number of hydrogen-bond donors (Lipinski definition) is 1. The number of nitrogens with zero attached hydrogens (tertiary/aromatic N) is 1. The van der Waals surface area contributed by atoms with Gasteiger partial charge in [-0.1, -0.05) is 0 Å². The Hall–Kier alpha value is -2.18. The van der Waals surface area contributed by atoms with E-state index in [0.717, 1.165) is 22.0 Å². The molecule has 0 unspecified atom stereocenters. The van der Waals surface area contributed by atoms with Crippen LogP contribution in [0.4, 0.5) is 0 Å². The van der Waals surface area contributed by atoms with E-state index < -0.39 is 0 Å². The van der Waals surface area contributed by atoms with Crippen LogP contribution in [-0.2, 0) is 11.3 Å². The monoisotopic (exact) mass is 330 g/mol. The van der Waals surface area contributed by atoms with Crippen LogP contribution in [0.3, 0.4) is 0 Å². The number of nitrogens with one attached hydrogen (secondary N) is 1. The minimum atomic E-state index is -0.145. The summed E-state index contributed by atoms with van der Waals surface area (Å²) in [5.74, 6) is 1.29. The molecule has 0 spiro atoms. The van der Waals surface area contributed by atoms with Crippen molar-refractivity contribution in [3.05, 3.63) is 56.7 Å². The molecule has 0 aliphatic carbocycles. The van der Waals surface area contributed by atoms with Gasteiger partial charge in [0.1, 0.15) is 11.5 Å². The summed E-state index contributed by atoms with van der Waals surface area (Å²) in [5, 5.41) is 9.71. The van der Waals surface area contributed by atoms with Gasteiger partial charge in [-0.05, 0) is 47.5 Å². The second-order valence-electron chi connectivity index (χ2n) is 4.63. The number of thiazole rings is 1. The summed E-state index contributed by atoms with van der Waals surface area (Å²) in [4.78, 5) is 16.1. The molecule has 3 aromatic heterocycles. The molecule has 3 rings (SSSR count). The molecule has 112 valence electrons. The molecule has 22 heavy (non-hydrogen) atoms. The molecule has 0 atom stereocenters. The molecule has 0 fully saturated rings. The Morgan fingerprint density at radius 3 is 3.00 bits per heavy atom. The van der Waals surface area contributed by atoms with Crippen molar-refractivity contribution in [2.75, 3.05) is 0 Å². The van der Waals surface area contributed by atoms with Gasteiger partial charge in [0.2, 0.25) is 5.91 Å². The van der Waals surface area contributed by atoms with Crippen LogP contribution in [0.15, 0.2) is 44.8 Å². The SMILES string of the molecule is Cc1nc(-c2ccc(CNC(=O)/C=C/c3ccsc3)o2)cs1. The largest absolute Gasteiger partial charge is 0.458 e. The molecular weight excluding hydrogens is 316 g/mol. The molecule has 1 N–H and O–H groups in total. The summed E-state index contributed by atoms with van der Waals surface area (Å²) >= 11 is 3.18. The van der Waals surface area contributed by atoms with Crippen molar-refractivity contribution in [1.29, 1.82) is 0 Å². The first-order chi connectivity index (χ1) is 10.7. The second-order valence-corrected chi connectivity index (χ2v) is 6.47. The Bertz CT molecular complexity index is 785. The zero-order valence-electron chi connectivity index (χ0n) is 11.9. The summed E-state index contributed by atoms with van der Waals surface area (Å²) in [6.07, 6.45) is 3.31. The third-order valence-electron chi connectivity index (χ3n) is 2.94. The quantitative estimate of drug-likeness (QED) is 0.717. The molecule has 0 saturated carbocycles. The van der Waals surface area contributed by atoms with Gasteiger partial charge >= 0.3 is 0 Å². The predicted molar refractivity (Wildman–Crippen MR) is 89.8 cm³/mol. The van der Waals surface area contributed by atoms with Crippen molar-refractivity contribution in [1.82, 2.24) is 10.3 Å². The highest BCUT2D eigenvalue weighted by molar-refractivity contribution is 7.09. The molecule has 4 nitrogen and oxygen atoms in total. The number of rotatable bonds is 5. The zero-order valence-corrected chi connectivity index (χ0v) is 13.5. The Kier molecular flexibility index (Phi) is 4.50. The van der Waals surface area contributed by atoms with Crippen LogP contribution in [-0.4, -0.2) is 10.9 Å². The van der Waals surface area contributed by atoms with Gasteiger partial charge in [-0.15, -0.1) is 11.3 Å². The fraction of sp³-hybridized carbons (Fsp3) is 0.125. The van der Waals surface area contributed by atoms with E-state index >= 15 is 0 Å². The average Bonchev–Trinajstić information content (AvgIpc) is 3.24. The van der Waals surface area contributed by atoms with E-state index in [2.05, 4.69) is 10.3 Å². The number of aryl methyl sites for hydroxylation is 1. The van der Waals surface area contributed by atoms with Crippen LogP contribution in [0.5, 0.6) is 0 Å². The molecule has 0 aliphatic heterocycles. The smallest absolute Gasteiger partial charge is 0.244 e. The highest BCUT2D eigenvalue weighted by Crippen LogP contribution is 2.23. The Labute approximate surface area is 136 Å². The third-order valence-corrected chi connectivity index (χ3v) is 4.42. The van der Waals surface area contributed by atoms with E-state index in [1.165, 1.54) is 6.08 Å². The molecule has 1 amide bonds. The van der Waals surface area contributed by atoms with Gasteiger partial charge in [-0.3, -0.25) is 4.79 Å². The van der Waals surface area contributed by atoms with E-state index in [9.17, 15) is 4.79 Å². The average molecular weight is 330 g/mol. The highest BCUT2D eigenvalue weighted by atomic mass is 32.1. The van der Waals surface area contributed by atoms with Crippen molar-refractivity contribution < 1.29 is 9.21 Å². The van der Waals surface area contributed by atoms with Crippen molar-refractivity contribution >= 4 is 34.7 Å². The molecule has 3 heterocycles. The summed E-state index contributed by atoms with van der Waals surface area (Å²) in [6.45, 7) is 2.31. The van der Waals surface area contributed by atoms with Gasteiger partial charge < -0.3 is 9.73 Å². The lowest BCUT2D eigenvalue weighted by molar-refractivity contribution is -0.116. The maximum Gasteiger partial charge on any atom is 0.244 e. The Morgan fingerprint density at radius 2 is 2.27 bits per heavy atom. The topological polar surface area (TPSA) is 55.1 Å². The van der Waals surface area contributed by atoms with Crippen LogP contribution < -0.4 is 5.32 Å². The first kappa shape index (κ1) is 14.7. The summed E-state index contributed by atoms with van der Waals surface area (Å²) < 4.78 is 5.69. The summed E-state index contributed by atoms with van der Waals surface area (Å²) in [5.41, 5.74) is 1.86. The van der Waals surface area contributed by atoms with E-state index in [-0.39, 0.29) is 5.91 Å². The molecule has 0 radical (unpaired) electrons. The Balaban J connectivity index is 1.55. The number of aromatic nitrogens is 1. The minimum absolute atomic E-state index is 0.145. The lowest BCUT2D eigenvalue weighted by atomic mass is 10.3. The van der Waals surface area contributed by atoms with Gasteiger partial charge in [0.15, 0.2) is 5.76 Å². The van der Waals surface area contributed by atoms with Crippen molar-refractivity contribution in [3.8, 4) is 11.5 Å². The lowest BCUT2D eigenvalue weighted by Crippen LogP contribution is -2.19. The molecule has 0 saturated heterocycles. The zero-order chi connectivity index (χ0) is 15.4. The number of amides is 1. The van der Waals surface area contributed by atoms with Crippen molar-refractivity contribution in [3.63, 3.8) is 0 Å². The predicted octanol–water partition coefficient (Wildman–Crippen LogP) is 4.10. The van der Waals surface area contributed by atoms with E-state index in [1.807, 2.05) is 41.3 Å². The molecule has 0 aliphatic rings. The first-order valence-corrected chi connectivity index (χ1v) is 8.52. The molecule has 6 heteroatoms. The standard InChI is InChI=1S/C16H14N2O2S2/c1-11-18-14(10-22-11)15-4-3-13(20-15)8-17-16(19)5-2-12-6-7-21-9-12/h2-7,9-10H,8H2,1H3,(H,17,19)/b5-2+. The van der Waals surface area contributed by atoms with Gasteiger partial charge in [0, 0.05) is 11.5 Å². The van der Waals surface area contributed by atoms with Crippen LogP contribution in [0.2, 0.25) is 0 Å². The van der Waals surface area contributed by atoms with E-state index in [4.69, 9.17) is 4.42 Å². The number of carbonyl (C=O) groups excluding carboxylic acids is 1. The molecule has 0 bridgehead atoms. The van der Waals surface area contributed by atoms with Crippen LogP contribution in [0.25, 0.3) is 17.5 Å². The van der Waals surface area contributed by atoms with E-state index in [1.54, 1.807) is 28.7 Å². The van der Waals surface area contributed by atoms with Crippen LogP contribution >= 0.6 is 22.7 Å². The first-order valence-electron chi connectivity index (χ1n) is 6.70. The maximum absolute atomic E-state index is 11.7. The molecular formula is C16H14N2O2S2. The van der Waals surface area contributed by atoms with Gasteiger partial charge in [-0.2, -0.15) is 11.3 Å². The Morgan fingerprint density at radius 1 is 1.36 bits per heavy atom. The maximum atomic E-state index is 11.7.